The quantitative estimate of drug-likeness (QED) is 0.251. The van der Waals surface area contributed by atoms with Crippen LogP contribution in [0.5, 0.6) is 5.75 Å². The van der Waals surface area contributed by atoms with E-state index in [-0.39, 0.29) is 23.1 Å². The summed E-state index contributed by atoms with van der Waals surface area (Å²) in [6.45, 7) is 13.5. The number of carbonyl (C=O) groups excluding carboxylic acids is 1. The molecule has 0 bridgehead atoms. The molecule has 0 spiro atoms. The molecule has 11 heteroatoms. The van der Waals surface area contributed by atoms with Crippen molar-refractivity contribution in [3.8, 4) is 5.75 Å². The minimum absolute atomic E-state index is 0.00134. The van der Waals surface area contributed by atoms with Gasteiger partial charge in [0.2, 0.25) is 0 Å². The fraction of sp³-hybridized carbons (Fsp3) is 0.472. The molecule has 47 heavy (non-hydrogen) atoms. The van der Waals surface area contributed by atoms with Gasteiger partial charge < -0.3 is 9.64 Å². The molecule has 1 saturated heterocycles. The van der Waals surface area contributed by atoms with Gasteiger partial charge in [0.25, 0.3) is 0 Å². The van der Waals surface area contributed by atoms with Crippen molar-refractivity contribution >= 4 is 44.9 Å². The van der Waals surface area contributed by atoms with E-state index in [1.165, 1.54) is 6.26 Å². The van der Waals surface area contributed by atoms with Crippen LogP contribution < -0.4 is 4.74 Å². The van der Waals surface area contributed by atoms with Crippen LogP contribution in [0.4, 0.5) is 4.79 Å². The summed E-state index contributed by atoms with van der Waals surface area (Å²) in [4.78, 5) is 29.0. The number of halogens is 2. The molecule has 2 aliphatic heterocycles. The second kappa shape index (κ2) is 13.1. The number of hydrogen-bond acceptors (Lipinski definition) is 6. The maximum atomic E-state index is 15.0. The van der Waals surface area contributed by atoms with Gasteiger partial charge in [-0.15, -0.1) is 0 Å². The summed E-state index contributed by atoms with van der Waals surface area (Å²) >= 11 is 12.7. The van der Waals surface area contributed by atoms with Crippen molar-refractivity contribution in [1.82, 2.24) is 14.8 Å². The van der Waals surface area contributed by atoms with Crippen LogP contribution >= 0.6 is 23.2 Å². The highest BCUT2D eigenvalue weighted by molar-refractivity contribution is 7.90. The number of carbonyl (C=O) groups is 1. The Bertz CT molecular complexity index is 1770. The predicted octanol–water partition coefficient (Wildman–Crippen LogP) is 7.85. The third-order valence-corrected chi connectivity index (χ3v) is 11.1. The van der Waals surface area contributed by atoms with Gasteiger partial charge in [-0.3, -0.25) is 14.9 Å². The highest BCUT2D eigenvalue weighted by Crippen LogP contribution is 2.54. The monoisotopic (exact) mass is 698 g/mol. The third kappa shape index (κ3) is 6.90. The minimum atomic E-state index is -3.13. The van der Waals surface area contributed by atoms with Crippen LogP contribution in [0.1, 0.15) is 76.8 Å². The SMILES string of the molecule is CCOc1cc(C(C)(C)C)ncc1C1=NC(C)(c2ccc(Cl)cc2)C(C)(c2ccc(Cl)cc2)N1C(=O)N1CCC(CS(C)(=O)=O)CC1. The van der Waals surface area contributed by atoms with Crippen LogP contribution in [-0.4, -0.2) is 66.8 Å². The van der Waals surface area contributed by atoms with E-state index < -0.39 is 20.9 Å². The lowest BCUT2D eigenvalue weighted by atomic mass is 9.71. The zero-order chi connectivity index (χ0) is 34.4. The maximum Gasteiger partial charge on any atom is 0.326 e. The zero-order valence-electron chi connectivity index (χ0n) is 28.2. The van der Waals surface area contributed by atoms with E-state index in [0.29, 0.717) is 59.7 Å². The molecule has 3 aromatic rings. The highest BCUT2D eigenvalue weighted by Gasteiger charge is 2.60. The molecule has 1 fully saturated rings. The molecule has 0 aliphatic carbocycles. The van der Waals surface area contributed by atoms with Crippen molar-refractivity contribution in [1.29, 1.82) is 0 Å². The summed E-state index contributed by atoms with van der Waals surface area (Å²) in [6, 6.07) is 16.8. The molecular formula is C36H44Cl2N4O4S. The first-order valence-electron chi connectivity index (χ1n) is 16.0. The molecule has 2 amide bonds. The summed E-state index contributed by atoms with van der Waals surface area (Å²) in [5.41, 5.74) is 0.911. The predicted molar refractivity (Wildman–Crippen MR) is 189 cm³/mol. The van der Waals surface area contributed by atoms with E-state index in [9.17, 15) is 8.42 Å². The minimum Gasteiger partial charge on any atom is -0.493 e. The lowest BCUT2D eigenvalue weighted by molar-refractivity contribution is 0.0980. The van der Waals surface area contributed by atoms with E-state index in [1.807, 2.05) is 80.3 Å². The largest absolute Gasteiger partial charge is 0.493 e. The number of rotatable bonds is 7. The van der Waals surface area contributed by atoms with E-state index in [1.54, 1.807) is 11.1 Å². The van der Waals surface area contributed by atoms with Crippen LogP contribution in [0.15, 0.2) is 65.8 Å². The fourth-order valence-electron chi connectivity index (χ4n) is 6.72. The van der Waals surface area contributed by atoms with Gasteiger partial charge >= 0.3 is 6.03 Å². The summed E-state index contributed by atoms with van der Waals surface area (Å²) in [5.74, 6) is 1.15. The fourth-order valence-corrected chi connectivity index (χ4v) is 8.16. The lowest BCUT2D eigenvalue weighted by Gasteiger charge is -2.47. The summed E-state index contributed by atoms with van der Waals surface area (Å²) in [7, 11) is -3.13. The van der Waals surface area contributed by atoms with Gasteiger partial charge in [0.1, 0.15) is 32.5 Å². The Hall–Kier alpha value is -3.14. The normalized spacial score (nSPS) is 22.4. The standard InChI is InChI=1S/C36H44Cl2N4O4S/c1-8-46-30-21-31(34(2,3)4)39-22-29(30)32-40-35(5,25-9-13-27(37)14-10-25)36(6,26-11-15-28(38)16-12-26)42(32)33(43)41-19-17-24(18-20-41)23-47(7,44)45/h9-16,21-22,24H,8,17-20,23H2,1-7H3. The highest BCUT2D eigenvalue weighted by atomic mass is 35.5. The number of likely N-dealkylation sites (tertiary alicyclic amines) is 1. The van der Waals surface area contributed by atoms with Gasteiger partial charge in [-0.05, 0) is 74.9 Å². The van der Waals surface area contributed by atoms with Crippen molar-refractivity contribution in [2.24, 2.45) is 10.9 Å². The van der Waals surface area contributed by atoms with Crippen LogP contribution in [0.2, 0.25) is 10.0 Å². The van der Waals surface area contributed by atoms with Gasteiger partial charge in [0, 0.05) is 52.8 Å². The number of amides is 2. The number of hydrogen-bond donors (Lipinski definition) is 0. The molecule has 8 nitrogen and oxygen atoms in total. The maximum absolute atomic E-state index is 15.0. The lowest BCUT2D eigenvalue weighted by Crippen LogP contribution is -2.59. The van der Waals surface area contributed by atoms with Crippen molar-refractivity contribution in [3.05, 3.63) is 93.2 Å². The molecule has 2 aliphatic rings. The number of amidine groups is 1. The molecule has 2 atom stereocenters. The zero-order valence-corrected chi connectivity index (χ0v) is 30.5. The number of benzene rings is 2. The Labute approximate surface area is 289 Å². The average Bonchev–Trinajstić information content (AvgIpc) is 3.24. The Kier molecular flexibility index (Phi) is 9.77. The number of ether oxygens (including phenoxy) is 1. The number of aliphatic imine (C=N–C) groups is 1. The van der Waals surface area contributed by atoms with Crippen LogP contribution in [0.3, 0.4) is 0 Å². The molecule has 0 N–H and O–H groups in total. The molecule has 252 valence electrons. The van der Waals surface area contributed by atoms with Gasteiger partial charge in [0.15, 0.2) is 0 Å². The van der Waals surface area contributed by atoms with Gasteiger partial charge in [-0.1, -0.05) is 68.2 Å². The molecule has 2 unspecified atom stereocenters. The first kappa shape index (κ1) is 35.2. The molecular weight excluding hydrogens is 655 g/mol. The number of aromatic nitrogens is 1. The summed E-state index contributed by atoms with van der Waals surface area (Å²) < 4.78 is 30.3. The van der Waals surface area contributed by atoms with E-state index in [2.05, 4.69) is 20.8 Å². The number of piperidine rings is 1. The van der Waals surface area contributed by atoms with E-state index >= 15 is 4.79 Å². The van der Waals surface area contributed by atoms with Crippen molar-refractivity contribution in [2.75, 3.05) is 31.7 Å². The van der Waals surface area contributed by atoms with Crippen molar-refractivity contribution in [3.63, 3.8) is 0 Å². The Balaban J connectivity index is 1.72. The third-order valence-electron chi connectivity index (χ3n) is 9.54. The molecule has 0 radical (unpaired) electrons. The molecule has 1 aromatic heterocycles. The van der Waals surface area contributed by atoms with Crippen LogP contribution in [0, 0.1) is 5.92 Å². The number of urea groups is 1. The molecule has 0 saturated carbocycles. The number of nitrogens with zero attached hydrogens (tertiary/aromatic N) is 4. The number of sulfone groups is 1. The first-order valence-corrected chi connectivity index (χ1v) is 18.8. The average molecular weight is 700 g/mol. The second-order valence-electron chi connectivity index (χ2n) is 14.0. The Morgan fingerprint density at radius 2 is 1.53 bits per heavy atom. The topological polar surface area (TPSA) is 92.2 Å². The molecule has 2 aromatic carbocycles. The van der Waals surface area contributed by atoms with Gasteiger partial charge in [0.05, 0.1) is 17.9 Å². The first-order chi connectivity index (χ1) is 22.0. The molecule has 3 heterocycles. The van der Waals surface area contributed by atoms with Crippen molar-refractivity contribution < 1.29 is 17.9 Å². The van der Waals surface area contributed by atoms with Crippen LogP contribution in [-0.2, 0) is 26.3 Å². The van der Waals surface area contributed by atoms with Gasteiger partial charge in [-0.25, -0.2) is 13.2 Å². The van der Waals surface area contributed by atoms with E-state index in [0.717, 1.165) is 16.8 Å². The second-order valence-corrected chi connectivity index (χ2v) is 17.0. The van der Waals surface area contributed by atoms with Gasteiger partial charge in [-0.2, -0.15) is 0 Å². The Morgan fingerprint density at radius 1 is 0.979 bits per heavy atom. The smallest absolute Gasteiger partial charge is 0.326 e. The Morgan fingerprint density at radius 3 is 2.04 bits per heavy atom. The summed E-state index contributed by atoms with van der Waals surface area (Å²) in [5, 5.41) is 1.18. The summed E-state index contributed by atoms with van der Waals surface area (Å²) in [6.07, 6.45) is 4.22. The number of pyridine rings is 1. The van der Waals surface area contributed by atoms with Crippen molar-refractivity contribution in [2.45, 2.75) is 70.9 Å². The molecule has 5 rings (SSSR count). The van der Waals surface area contributed by atoms with Crippen LogP contribution in [0.25, 0.3) is 0 Å². The van der Waals surface area contributed by atoms with E-state index in [4.69, 9.17) is 37.9 Å².